The molecule has 0 unspecified atom stereocenters. The number of esters is 1. The van der Waals surface area contributed by atoms with Crippen molar-refractivity contribution in [3.8, 4) is 11.3 Å². The lowest BCUT2D eigenvalue weighted by Gasteiger charge is -2.09. The van der Waals surface area contributed by atoms with E-state index in [4.69, 9.17) is 9.72 Å². The van der Waals surface area contributed by atoms with Gasteiger partial charge in [0.1, 0.15) is 0 Å². The maximum atomic E-state index is 12.2. The molecule has 0 aliphatic rings. The second kappa shape index (κ2) is 5.78. The smallest absolute Gasteiger partial charge is 0.338 e. The number of carbonyl (C=O) groups is 1. The zero-order chi connectivity index (χ0) is 16.5. The molecule has 0 saturated heterocycles. The Morgan fingerprint density at radius 1 is 0.875 bits per heavy atom. The molecule has 0 radical (unpaired) electrons. The number of methoxy groups -OCH3 is 1. The van der Waals surface area contributed by atoms with Crippen molar-refractivity contribution in [2.24, 2.45) is 0 Å². The van der Waals surface area contributed by atoms with Gasteiger partial charge in [-0.1, -0.05) is 48.5 Å². The maximum Gasteiger partial charge on any atom is 0.338 e. The van der Waals surface area contributed by atoms with Crippen LogP contribution in [0.1, 0.15) is 10.4 Å². The van der Waals surface area contributed by atoms with Gasteiger partial charge in [-0.3, -0.25) is 0 Å². The number of rotatable bonds is 2. The Bertz CT molecular complexity index is 1070. The summed E-state index contributed by atoms with van der Waals surface area (Å²) in [7, 11) is 1.40. The molecule has 0 atom stereocenters. The quantitative estimate of drug-likeness (QED) is 0.497. The second-order valence-corrected chi connectivity index (χ2v) is 5.63. The van der Waals surface area contributed by atoms with Crippen molar-refractivity contribution in [3.05, 3.63) is 78.4 Å². The molecule has 0 N–H and O–H groups in total. The first-order chi connectivity index (χ1) is 11.8. The summed E-state index contributed by atoms with van der Waals surface area (Å²) in [5.41, 5.74) is 3.23. The highest BCUT2D eigenvalue weighted by Gasteiger charge is 2.13. The molecule has 0 fully saturated rings. The van der Waals surface area contributed by atoms with Gasteiger partial charge < -0.3 is 4.74 Å². The van der Waals surface area contributed by atoms with Gasteiger partial charge in [0.2, 0.25) is 0 Å². The lowest BCUT2D eigenvalue weighted by atomic mass is 9.98. The van der Waals surface area contributed by atoms with E-state index in [1.54, 1.807) is 0 Å². The van der Waals surface area contributed by atoms with Gasteiger partial charge in [-0.05, 0) is 35.0 Å². The van der Waals surface area contributed by atoms with Gasteiger partial charge in [-0.25, -0.2) is 9.78 Å². The molecule has 24 heavy (non-hydrogen) atoms. The number of carbonyl (C=O) groups excluding carboxylic acids is 1. The van der Waals surface area contributed by atoms with E-state index in [2.05, 4.69) is 6.07 Å². The summed E-state index contributed by atoms with van der Waals surface area (Å²) in [4.78, 5) is 16.9. The summed E-state index contributed by atoms with van der Waals surface area (Å²) in [5, 5.41) is 2.97. The van der Waals surface area contributed by atoms with Crippen molar-refractivity contribution in [2.75, 3.05) is 7.11 Å². The third-order valence-corrected chi connectivity index (χ3v) is 4.16. The predicted octanol–water partition coefficient (Wildman–Crippen LogP) is 4.84. The minimum Gasteiger partial charge on any atom is -0.465 e. The summed E-state index contributed by atoms with van der Waals surface area (Å²) < 4.78 is 4.95. The summed E-state index contributed by atoms with van der Waals surface area (Å²) >= 11 is 0. The molecule has 3 heteroatoms. The Balaban J connectivity index is 1.96. The molecular formula is C21H15NO2. The first-order valence-electron chi connectivity index (χ1n) is 7.73. The zero-order valence-corrected chi connectivity index (χ0v) is 13.2. The van der Waals surface area contributed by atoms with Crippen LogP contribution in [0.5, 0.6) is 0 Å². The lowest BCUT2D eigenvalue weighted by Crippen LogP contribution is -2.02. The molecule has 0 aliphatic carbocycles. The van der Waals surface area contributed by atoms with Gasteiger partial charge in [0.25, 0.3) is 0 Å². The van der Waals surface area contributed by atoms with E-state index in [1.807, 2.05) is 66.7 Å². The average molecular weight is 313 g/mol. The first-order valence-corrected chi connectivity index (χ1v) is 7.73. The van der Waals surface area contributed by atoms with Gasteiger partial charge in [0.05, 0.1) is 23.9 Å². The molecule has 0 amide bonds. The molecule has 0 aliphatic heterocycles. The monoisotopic (exact) mass is 313 g/mol. The number of para-hydroxylation sites is 1. The SMILES string of the molecule is COC(=O)c1cc(-c2ccc3ccccc3n2)cc2ccccc12. The van der Waals surface area contributed by atoms with Gasteiger partial charge >= 0.3 is 5.97 Å². The Labute approximate surface area is 139 Å². The van der Waals surface area contributed by atoms with E-state index >= 15 is 0 Å². The van der Waals surface area contributed by atoms with Crippen molar-refractivity contribution >= 4 is 27.6 Å². The van der Waals surface area contributed by atoms with Crippen molar-refractivity contribution in [2.45, 2.75) is 0 Å². The number of benzene rings is 3. The number of fused-ring (bicyclic) bond motifs is 2. The third kappa shape index (κ3) is 2.40. The fraction of sp³-hybridized carbons (Fsp3) is 0.0476. The van der Waals surface area contributed by atoms with Crippen molar-refractivity contribution in [1.82, 2.24) is 4.98 Å². The number of hydrogen-bond acceptors (Lipinski definition) is 3. The number of hydrogen-bond donors (Lipinski definition) is 0. The highest BCUT2D eigenvalue weighted by Crippen LogP contribution is 2.28. The fourth-order valence-corrected chi connectivity index (χ4v) is 2.96. The molecule has 0 bridgehead atoms. The normalized spacial score (nSPS) is 10.9. The van der Waals surface area contributed by atoms with Crippen LogP contribution in [0.2, 0.25) is 0 Å². The Kier molecular flexibility index (Phi) is 3.47. The fourth-order valence-electron chi connectivity index (χ4n) is 2.96. The number of aromatic nitrogens is 1. The van der Waals surface area contributed by atoms with Gasteiger partial charge in [-0.15, -0.1) is 0 Å². The van der Waals surface area contributed by atoms with Crippen LogP contribution in [0.4, 0.5) is 0 Å². The van der Waals surface area contributed by atoms with Gasteiger partial charge in [-0.2, -0.15) is 0 Å². The lowest BCUT2D eigenvalue weighted by molar-refractivity contribution is 0.0603. The van der Waals surface area contributed by atoms with Crippen molar-refractivity contribution in [3.63, 3.8) is 0 Å². The summed E-state index contributed by atoms with van der Waals surface area (Å²) in [6, 6.07) is 23.7. The molecular weight excluding hydrogens is 298 g/mol. The summed E-state index contributed by atoms with van der Waals surface area (Å²) in [6.07, 6.45) is 0. The van der Waals surface area contributed by atoms with Crippen molar-refractivity contribution in [1.29, 1.82) is 0 Å². The van der Waals surface area contributed by atoms with Crippen LogP contribution >= 0.6 is 0 Å². The van der Waals surface area contributed by atoms with Crippen molar-refractivity contribution < 1.29 is 9.53 Å². The molecule has 1 aromatic heterocycles. The van der Waals surface area contributed by atoms with E-state index < -0.39 is 0 Å². The largest absolute Gasteiger partial charge is 0.465 e. The molecule has 3 nitrogen and oxygen atoms in total. The van der Waals surface area contributed by atoms with E-state index in [-0.39, 0.29) is 5.97 Å². The van der Waals surface area contributed by atoms with Crippen LogP contribution in [0.25, 0.3) is 32.9 Å². The Morgan fingerprint density at radius 2 is 1.62 bits per heavy atom. The minimum absolute atomic E-state index is 0.339. The predicted molar refractivity (Wildman–Crippen MR) is 96.0 cm³/mol. The summed E-state index contributed by atoms with van der Waals surface area (Å²) in [5.74, 6) is -0.339. The molecule has 0 spiro atoms. The highest BCUT2D eigenvalue weighted by molar-refractivity contribution is 6.06. The number of ether oxygens (including phenoxy) is 1. The van der Waals surface area contributed by atoms with E-state index in [0.717, 1.165) is 32.9 Å². The topological polar surface area (TPSA) is 39.2 Å². The van der Waals surface area contributed by atoms with Crippen LogP contribution in [0, 0.1) is 0 Å². The zero-order valence-electron chi connectivity index (χ0n) is 13.2. The standard InChI is InChI=1S/C21H15NO2/c1-24-21(23)18-13-16(12-15-7-2-4-8-17(15)18)20-11-10-14-6-3-5-9-19(14)22-20/h2-13H,1H3. The molecule has 3 aromatic carbocycles. The van der Waals surface area contributed by atoms with Crippen LogP contribution in [-0.2, 0) is 4.74 Å². The van der Waals surface area contributed by atoms with Crippen LogP contribution in [0.15, 0.2) is 72.8 Å². The average Bonchev–Trinajstić information content (AvgIpc) is 2.66. The molecule has 4 rings (SSSR count). The van der Waals surface area contributed by atoms with Gasteiger partial charge in [0.15, 0.2) is 0 Å². The highest BCUT2D eigenvalue weighted by atomic mass is 16.5. The third-order valence-electron chi connectivity index (χ3n) is 4.16. The second-order valence-electron chi connectivity index (χ2n) is 5.63. The number of pyridine rings is 1. The van der Waals surface area contributed by atoms with Crippen LogP contribution < -0.4 is 0 Å². The first kappa shape index (κ1) is 14.4. The molecule has 4 aromatic rings. The van der Waals surface area contributed by atoms with Crippen LogP contribution in [0.3, 0.4) is 0 Å². The maximum absolute atomic E-state index is 12.2. The van der Waals surface area contributed by atoms with E-state index in [0.29, 0.717) is 5.56 Å². The van der Waals surface area contributed by atoms with E-state index in [9.17, 15) is 4.79 Å². The van der Waals surface area contributed by atoms with E-state index in [1.165, 1.54) is 7.11 Å². The summed E-state index contributed by atoms with van der Waals surface area (Å²) in [6.45, 7) is 0. The Hall–Kier alpha value is -3.20. The van der Waals surface area contributed by atoms with Crippen LogP contribution in [-0.4, -0.2) is 18.1 Å². The number of nitrogens with zero attached hydrogens (tertiary/aromatic N) is 1. The molecule has 0 saturated carbocycles. The Morgan fingerprint density at radius 3 is 2.46 bits per heavy atom. The molecule has 1 heterocycles. The molecule has 116 valence electrons. The minimum atomic E-state index is -0.339. The van der Waals surface area contributed by atoms with Gasteiger partial charge in [0, 0.05) is 10.9 Å².